The van der Waals surface area contributed by atoms with Gasteiger partial charge in [0.2, 0.25) is 0 Å². The van der Waals surface area contributed by atoms with Gasteiger partial charge in [-0.25, -0.2) is 0 Å². The number of anilines is 3. The first-order valence-corrected chi connectivity index (χ1v) is 10.3. The van der Waals surface area contributed by atoms with Gasteiger partial charge in [-0.1, -0.05) is 32.9 Å². The minimum absolute atomic E-state index is 0.00660. The second kappa shape index (κ2) is 8.19. The molecule has 0 unspecified atom stereocenters. The molecule has 0 aliphatic rings. The van der Waals surface area contributed by atoms with Crippen LogP contribution in [0.1, 0.15) is 47.1 Å². The summed E-state index contributed by atoms with van der Waals surface area (Å²) < 4.78 is 0. The van der Waals surface area contributed by atoms with Crippen LogP contribution in [-0.2, 0) is 5.41 Å². The number of hydrogen-bond acceptors (Lipinski definition) is 4. The van der Waals surface area contributed by atoms with Gasteiger partial charge in [0.1, 0.15) is 0 Å². The van der Waals surface area contributed by atoms with E-state index in [9.17, 15) is 9.59 Å². The summed E-state index contributed by atoms with van der Waals surface area (Å²) in [4.78, 5) is 25.8. The van der Waals surface area contributed by atoms with Crippen molar-refractivity contribution in [2.75, 3.05) is 16.4 Å². The van der Waals surface area contributed by atoms with E-state index >= 15 is 0 Å². The monoisotopic (exact) mass is 427 g/mol. The average molecular weight is 428 g/mol. The zero-order chi connectivity index (χ0) is 22.9. The molecule has 162 valence electrons. The molecule has 7 nitrogen and oxygen atoms in total. The second-order valence-electron chi connectivity index (χ2n) is 8.71. The fraction of sp³-hybridized carbons (Fsp3) is 0.160. The third kappa shape index (κ3) is 4.46. The third-order valence-corrected chi connectivity index (χ3v) is 5.25. The molecule has 0 aliphatic carbocycles. The molecule has 32 heavy (non-hydrogen) atoms. The lowest BCUT2D eigenvalue weighted by Crippen LogP contribution is -2.19. The third-order valence-electron chi connectivity index (χ3n) is 5.25. The molecule has 5 N–H and O–H groups in total. The highest BCUT2D eigenvalue weighted by atomic mass is 16.2. The van der Waals surface area contributed by atoms with Crippen molar-refractivity contribution >= 4 is 39.8 Å². The number of amides is 2. The Hall–Kier alpha value is -4.13. The van der Waals surface area contributed by atoms with Crippen LogP contribution in [0.15, 0.2) is 66.9 Å². The number of nitrogens with two attached hydrogens (primary N) is 1. The van der Waals surface area contributed by atoms with E-state index in [-0.39, 0.29) is 17.2 Å². The number of carbonyl (C=O) groups excluding carboxylic acids is 2. The Bertz CT molecular complexity index is 1300. The van der Waals surface area contributed by atoms with Crippen LogP contribution in [0.4, 0.5) is 17.1 Å². The fourth-order valence-electron chi connectivity index (χ4n) is 3.39. The molecule has 0 saturated carbocycles. The van der Waals surface area contributed by atoms with Crippen molar-refractivity contribution in [3.8, 4) is 0 Å². The van der Waals surface area contributed by atoms with Gasteiger partial charge in [0, 0.05) is 22.3 Å². The smallest absolute Gasteiger partial charge is 0.257 e. The maximum atomic E-state index is 13.0. The Kier molecular flexibility index (Phi) is 5.40. The maximum Gasteiger partial charge on any atom is 0.257 e. The second-order valence-corrected chi connectivity index (χ2v) is 8.71. The summed E-state index contributed by atoms with van der Waals surface area (Å²) in [6, 6.07) is 17.7. The number of nitrogens with one attached hydrogen (secondary N) is 3. The van der Waals surface area contributed by atoms with Crippen LogP contribution in [-0.4, -0.2) is 22.0 Å². The first-order valence-electron chi connectivity index (χ1n) is 10.3. The Morgan fingerprint density at radius 1 is 0.906 bits per heavy atom. The number of rotatable bonds is 4. The molecule has 3 aromatic carbocycles. The normalized spacial score (nSPS) is 11.3. The molecular weight excluding hydrogens is 402 g/mol. The SMILES string of the molecule is CC(C)(C)c1ccc(C(=O)Nc2cc(N)ccc2C(=O)Nc2ccc3cn[nH]c3c2)cc1. The molecule has 0 radical (unpaired) electrons. The van der Waals surface area contributed by atoms with Crippen molar-refractivity contribution in [1.82, 2.24) is 10.2 Å². The van der Waals surface area contributed by atoms with Crippen molar-refractivity contribution in [3.05, 3.63) is 83.6 Å². The van der Waals surface area contributed by atoms with Crippen molar-refractivity contribution in [2.24, 2.45) is 0 Å². The van der Waals surface area contributed by atoms with Gasteiger partial charge in [0.25, 0.3) is 11.8 Å². The highest BCUT2D eigenvalue weighted by Gasteiger charge is 2.17. The summed E-state index contributed by atoms with van der Waals surface area (Å²) >= 11 is 0. The number of fused-ring (bicyclic) bond motifs is 1. The predicted molar refractivity (Wildman–Crippen MR) is 128 cm³/mol. The molecule has 0 aliphatic heterocycles. The summed E-state index contributed by atoms with van der Waals surface area (Å²) in [5.41, 5.74) is 10.1. The number of hydrogen-bond donors (Lipinski definition) is 4. The zero-order valence-corrected chi connectivity index (χ0v) is 18.2. The predicted octanol–water partition coefficient (Wildman–Crippen LogP) is 4.95. The van der Waals surface area contributed by atoms with Crippen LogP contribution in [0.3, 0.4) is 0 Å². The minimum Gasteiger partial charge on any atom is -0.399 e. The van der Waals surface area contributed by atoms with Gasteiger partial charge < -0.3 is 16.4 Å². The van der Waals surface area contributed by atoms with Crippen LogP contribution in [0.25, 0.3) is 10.9 Å². The molecule has 0 saturated heterocycles. The standard InChI is InChI=1S/C25H25N5O2/c1-25(2,3)17-7-4-15(5-8-17)23(31)29-22-12-18(26)9-11-20(22)24(32)28-19-10-6-16-14-27-30-21(16)13-19/h4-14H,26H2,1-3H3,(H,27,30)(H,28,32)(H,29,31). The molecule has 4 rings (SSSR count). The van der Waals surface area contributed by atoms with Gasteiger partial charge in [-0.05, 0) is 59.5 Å². The van der Waals surface area contributed by atoms with E-state index in [4.69, 9.17) is 5.73 Å². The summed E-state index contributed by atoms with van der Waals surface area (Å²) in [5, 5.41) is 13.5. The van der Waals surface area contributed by atoms with Crippen molar-refractivity contribution < 1.29 is 9.59 Å². The number of H-pyrrole nitrogens is 1. The average Bonchev–Trinajstić information content (AvgIpc) is 3.21. The lowest BCUT2D eigenvalue weighted by atomic mass is 9.86. The van der Waals surface area contributed by atoms with Crippen LogP contribution < -0.4 is 16.4 Å². The van der Waals surface area contributed by atoms with E-state index in [0.717, 1.165) is 16.5 Å². The lowest BCUT2D eigenvalue weighted by molar-refractivity contribution is 0.102. The zero-order valence-electron chi connectivity index (χ0n) is 18.2. The molecule has 0 spiro atoms. The highest BCUT2D eigenvalue weighted by Crippen LogP contribution is 2.25. The molecule has 0 fully saturated rings. The summed E-state index contributed by atoms with van der Waals surface area (Å²) in [7, 11) is 0. The fourth-order valence-corrected chi connectivity index (χ4v) is 3.39. The van der Waals surface area contributed by atoms with E-state index in [1.165, 1.54) is 0 Å². The number of nitrogens with zero attached hydrogens (tertiary/aromatic N) is 1. The van der Waals surface area contributed by atoms with Crippen LogP contribution in [0.2, 0.25) is 0 Å². The molecule has 0 atom stereocenters. The molecule has 0 bridgehead atoms. The van der Waals surface area contributed by atoms with Crippen molar-refractivity contribution in [3.63, 3.8) is 0 Å². The molecule has 1 aromatic heterocycles. The molecule has 2 amide bonds. The van der Waals surface area contributed by atoms with E-state index in [1.807, 2.05) is 18.2 Å². The molecule has 1 heterocycles. The van der Waals surface area contributed by atoms with Crippen LogP contribution >= 0.6 is 0 Å². The summed E-state index contributed by atoms with van der Waals surface area (Å²) in [6.07, 6.45) is 1.71. The first kappa shape index (κ1) is 21.1. The van der Waals surface area contributed by atoms with Gasteiger partial charge in [-0.3, -0.25) is 14.7 Å². The number of carbonyl (C=O) groups is 2. The topological polar surface area (TPSA) is 113 Å². The van der Waals surface area contributed by atoms with Crippen molar-refractivity contribution in [2.45, 2.75) is 26.2 Å². The Balaban J connectivity index is 1.56. The molecule has 7 heteroatoms. The van der Waals surface area contributed by atoms with E-state index in [0.29, 0.717) is 28.2 Å². The van der Waals surface area contributed by atoms with E-state index in [2.05, 4.69) is 41.6 Å². The van der Waals surface area contributed by atoms with E-state index < -0.39 is 0 Å². The van der Waals surface area contributed by atoms with Gasteiger partial charge in [-0.15, -0.1) is 0 Å². The quantitative estimate of drug-likeness (QED) is 0.345. The largest absolute Gasteiger partial charge is 0.399 e. The minimum atomic E-state index is -0.359. The van der Waals surface area contributed by atoms with Gasteiger partial charge in [-0.2, -0.15) is 5.10 Å². The highest BCUT2D eigenvalue weighted by molar-refractivity contribution is 6.13. The van der Waals surface area contributed by atoms with Crippen molar-refractivity contribution in [1.29, 1.82) is 0 Å². The van der Waals surface area contributed by atoms with Gasteiger partial charge in [0.05, 0.1) is 23.0 Å². The van der Waals surface area contributed by atoms with Crippen LogP contribution in [0, 0.1) is 0 Å². The summed E-state index contributed by atoms with van der Waals surface area (Å²) in [5.74, 6) is -0.675. The Labute approximate surface area is 186 Å². The van der Waals surface area contributed by atoms with Crippen LogP contribution in [0.5, 0.6) is 0 Å². The summed E-state index contributed by atoms with van der Waals surface area (Å²) in [6.45, 7) is 6.34. The van der Waals surface area contributed by atoms with E-state index in [1.54, 1.807) is 48.7 Å². The Morgan fingerprint density at radius 3 is 2.38 bits per heavy atom. The number of nitrogen functional groups attached to an aromatic ring is 1. The number of aromatic amines is 1. The number of aromatic nitrogens is 2. The molecule has 4 aromatic rings. The van der Waals surface area contributed by atoms with Gasteiger partial charge >= 0.3 is 0 Å². The number of benzene rings is 3. The molecular formula is C25H25N5O2. The maximum absolute atomic E-state index is 13.0. The first-order chi connectivity index (χ1) is 15.2. The van der Waals surface area contributed by atoms with Gasteiger partial charge in [0.15, 0.2) is 0 Å². The lowest BCUT2D eigenvalue weighted by Gasteiger charge is -2.19. The Morgan fingerprint density at radius 2 is 1.66 bits per heavy atom.